The van der Waals surface area contributed by atoms with Crippen LogP contribution in [0.2, 0.25) is 0 Å². The third kappa shape index (κ3) is 33.3. The summed E-state index contributed by atoms with van der Waals surface area (Å²) in [7, 11) is -5.12. The van der Waals surface area contributed by atoms with E-state index in [2.05, 4.69) is 50.3 Å². The summed E-state index contributed by atoms with van der Waals surface area (Å²) < 4.78 is 33.6. The van der Waals surface area contributed by atoms with Gasteiger partial charge in [-0.2, -0.15) is 0 Å². The van der Waals surface area contributed by atoms with Crippen molar-refractivity contribution in [2.45, 2.75) is 262 Å². The SMILES string of the molecule is CCCCC/C=C/C/C=C/CCCCCCCCCCCC(=O)OC[C@@H](COP(=O)(O)OC1C(O)C(O)C(O)[C@H](O)C1O)OC(=O)CCCCCCCCC/C=C/CCCCCCCC. The Bertz CT molecular complexity index is 1280. The van der Waals surface area contributed by atoms with Gasteiger partial charge in [-0.1, -0.05) is 172 Å². The van der Waals surface area contributed by atoms with E-state index < -0.39 is 75.7 Å². The monoisotopic (exact) mass is 945 g/mol. The summed E-state index contributed by atoms with van der Waals surface area (Å²) >= 11 is 0. The highest BCUT2D eigenvalue weighted by molar-refractivity contribution is 7.47. The van der Waals surface area contributed by atoms with E-state index in [9.17, 15) is 44.6 Å². The summed E-state index contributed by atoms with van der Waals surface area (Å²) in [5.74, 6) is -1.10. The van der Waals surface area contributed by atoms with Gasteiger partial charge in [0.1, 0.15) is 43.2 Å². The van der Waals surface area contributed by atoms with Gasteiger partial charge in [0.05, 0.1) is 6.61 Å². The third-order valence-corrected chi connectivity index (χ3v) is 12.9. The van der Waals surface area contributed by atoms with Crippen LogP contribution in [0.5, 0.6) is 0 Å². The summed E-state index contributed by atoms with van der Waals surface area (Å²) in [6.45, 7) is 3.29. The molecule has 0 bridgehead atoms. The number of aliphatic hydroxyl groups is 5. The molecule has 6 unspecified atom stereocenters. The average molecular weight is 945 g/mol. The Morgan fingerprint density at radius 3 is 1.29 bits per heavy atom. The van der Waals surface area contributed by atoms with E-state index in [1.807, 2.05) is 0 Å². The molecule has 8 atom stereocenters. The van der Waals surface area contributed by atoms with E-state index in [1.165, 1.54) is 109 Å². The van der Waals surface area contributed by atoms with Gasteiger partial charge in [-0.3, -0.25) is 18.6 Å². The van der Waals surface area contributed by atoms with Crippen molar-refractivity contribution in [3.8, 4) is 0 Å². The maximum atomic E-state index is 12.8. The molecule has 0 amide bonds. The molecule has 65 heavy (non-hydrogen) atoms. The van der Waals surface area contributed by atoms with Crippen molar-refractivity contribution < 1.29 is 63.1 Å². The molecule has 0 aromatic carbocycles. The van der Waals surface area contributed by atoms with Gasteiger partial charge < -0.3 is 39.9 Å². The zero-order chi connectivity index (χ0) is 47.8. The number of unbranched alkanes of at least 4 members (excludes halogenated alkanes) is 25. The Morgan fingerprint density at radius 1 is 0.477 bits per heavy atom. The van der Waals surface area contributed by atoms with Gasteiger partial charge in [-0.15, -0.1) is 0 Å². The predicted octanol–water partition coefficient (Wildman–Crippen LogP) is 11.0. The van der Waals surface area contributed by atoms with Gasteiger partial charge in [0.2, 0.25) is 0 Å². The summed E-state index contributed by atoms with van der Waals surface area (Å²) in [5, 5.41) is 50.3. The maximum absolute atomic E-state index is 12.8. The number of aliphatic hydroxyl groups excluding tert-OH is 5. The predicted molar refractivity (Wildman–Crippen MR) is 258 cm³/mol. The molecule has 1 rings (SSSR count). The van der Waals surface area contributed by atoms with Gasteiger partial charge in [0, 0.05) is 12.8 Å². The molecule has 0 aromatic heterocycles. The van der Waals surface area contributed by atoms with Crippen molar-refractivity contribution >= 4 is 19.8 Å². The Kier molecular flexibility index (Phi) is 38.6. The van der Waals surface area contributed by atoms with Gasteiger partial charge in [-0.25, -0.2) is 4.57 Å². The molecule has 1 fully saturated rings. The van der Waals surface area contributed by atoms with E-state index in [0.29, 0.717) is 12.8 Å². The number of phosphoric acid groups is 1. The minimum absolute atomic E-state index is 0.0917. The number of carbonyl (C=O) groups is 2. The number of esters is 2. The summed E-state index contributed by atoms with van der Waals surface area (Å²) in [5.41, 5.74) is 0. The highest BCUT2D eigenvalue weighted by Gasteiger charge is 2.51. The first-order valence-electron chi connectivity index (χ1n) is 25.8. The number of hydrogen-bond acceptors (Lipinski definition) is 12. The van der Waals surface area contributed by atoms with Gasteiger partial charge in [0.25, 0.3) is 0 Å². The smallest absolute Gasteiger partial charge is 0.462 e. The number of hydrogen-bond donors (Lipinski definition) is 6. The molecule has 0 radical (unpaired) electrons. The summed E-state index contributed by atoms with van der Waals surface area (Å²) in [4.78, 5) is 35.8. The van der Waals surface area contributed by atoms with Crippen LogP contribution in [-0.2, 0) is 32.7 Å². The molecule has 380 valence electrons. The number of ether oxygens (including phenoxy) is 2. The van der Waals surface area contributed by atoms with Crippen molar-refractivity contribution in [3.05, 3.63) is 36.5 Å². The molecule has 0 aromatic rings. The van der Waals surface area contributed by atoms with E-state index in [-0.39, 0.29) is 12.8 Å². The van der Waals surface area contributed by atoms with Gasteiger partial charge in [-0.05, 0) is 70.6 Å². The van der Waals surface area contributed by atoms with Crippen LogP contribution < -0.4 is 0 Å². The molecule has 0 heterocycles. The second-order valence-electron chi connectivity index (χ2n) is 18.0. The molecule has 1 saturated carbocycles. The Morgan fingerprint density at radius 2 is 0.831 bits per heavy atom. The Hall–Kier alpha value is -1.93. The molecule has 0 aliphatic heterocycles. The molecule has 1 aliphatic rings. The molecule has 14 heteroatoms. The topological polar surface area (TPSA) is 210 Å². The van der Waals surface area contributed by atoms with Crippen molar-refractivity contribution in [1.29, 1.82) is 0 Å². The molecule has 0 saturated heterocycles. The van der Waals surface area contributed by atoms with Gasteiger partial charge >= 0.3 is 19.8 Å². The quantitative estimate of drug-likeness (QED) is 0.0146. The first kappa shape index (κ1) is 61.1. The number of allylic oxidation sites excluding steroid dienone is 6. The molecular weight excluding hydrogens is 852 g/mol. The zero-order valence-electron chi connectivity index (χ0n) is 40.5. The highest BCUT2D eigenvalue weighted by Crippen LogP contribution is 2.47. The lowest BCUT2D eigenvalue weighted by molar-refractivity contribution is -0.220. The van der Waals surface area contributed by atoms with Crippen LogP contribution in [0.3, 0.4) is 0 Å². The van der Waals surface area contributed by atoms with Crippen molar-refractivity contribution in [2.75, 3.05) is 13.2 Å². The Balaban J connectivity index is 2.40. The lowest BCUT2D eigenvalue weighted by atomic mass is 9.85. The van der Waals surface area contributed by atoms with Gasteiger partial charge in [0.15, 0.2) is 6.10 Å². The van der Waals surface area contributed by atoms with Crippen LogP contribution in [0.15, 0.2) is 36.5 Å². The minimum Gasteiger partial charge on any atom is -0.462 e. The molecule has 6 N–H and O–H groups in total. The second-order valence-corrected chi connectivity index (χ2v) is 19.4. The largest absolute Gasteiger partial charge is 0.472 e. The lowest BCUT2D eigenvalue weighted by Gasteiger charge is -2.41. The number of carbonyl (C=O) groups excluding carboxylic acids is 2. The average Bonchev–Trinajstić information content (AvgIpc) is 3.29. The fourth-order valence-electron chi connectivity index (χ4n) is 7.78. The zero-order valence-corrected chi connectivity index (χ0v) is 41.4. The van der Waals surface area contributed by atoms with E-state index in [1.54, 1.807) is 0 Å². The van der Waals surface area contributed by atoms with Crippen LogP contribution in [0.25, 0.3) is 0 Å². The van der Waals surface area contributed by atoms with E-state index >= 15 is 0 Å². The maximum Gasteiger partial charge on any atom is 0.472 e. The summed E-state index contributed by atoms with van der Waals surface area (Å²) in [6.07, 6.45) is 34.7. The van der Waals surface area contributed by atoms with Crippen LogP contribution >= 0.6 is 7.82 Å². The van der Waals surface area contributed by atoms with Crippen LogP contribution in [0.4, 0.5) is 0 Å². The number of phosphoric ester groups is 1. The molecule has 0 spiro atoms. The molecule has 1 aliphatic carbocycles. The highest BCUT2D eigenvalue weighted by atomic mass is 31.2. The second kappa shape index (κ2) is 41.1. The van der Waals surface area contributed by atoms with Crippen LogP contribution in [0.1, 0.15) is 219 Å². The Labute approximate surface area is 393 Å². The normalized spacial score (nSPS) is 21.7. The molecular formula is C51H93O13P. The van der Waals surface area contributed by atoms with Crippen molar-refractivity contribution in [2.24, 2.45) is 0 Å². The molecule has 13 nitrogen and oxygen atoms in total. The van der Waals surface area contributed by atoms with E-state index in [4.69, 9.17) is 18.5 Å². The fourth-order valence-corrected chi connectivity index (χ4v) is 8.76. The lowest BCUT2D eigenvalue weighted by Crippen LogP contribution is -2.64. The number of rotatable bonds is 43. The van der Waals surface area contributed by atoms with Crippen molar-refractivity contribution in [1.82, 2.24) is 0 Å². The fraction of sp³-hybridized carbons (Fsp3) is 0.843. The van der Waals surface area contributed by atoms with Crippen molar-refractivity contribution in [3.63, 3.8) is 0 Å². The van der Waals surface area contributed by atoms with Crippen LogP contribution in [-0.4, -0.2) is 98.3 Å². The first-order chi connectivity index (χ1) is 31.4. The standard InChI is InChI=1S/C51H93O13P/c1-3-5-7-9-11-13-15-17-19-21-22-24-25-27-29-31-33-35-37-39-44(52)61-41-43(42-62-65(59,60)64-51-49(57)47(55)46(54)48(56)50(51)58)63-45(53)40-38-36-34-32-30-28-26-23-20-18-16-14-12-10-8-6-4-2/h11,13,17-20,43,46-51,54-58H,3-10,12,14-16,21-42H2,1-2H3,(H,59,60)/b13-11+,19-17+,20-18+/t43-,46?,47-,48?,49?,50?,51?/m0/s1. The van der Waals surface area contributed by atoms with Crippen LogP contribution in [0, 0.1) is 0 Å². The van der Waals surface area contributed by atoms with E-state index in [0.717, 1.165) is 70.6 Å². The first-order valence-corrected chi connectivity index (χ1v) is 27.3. The minimum atomic E-state index is -5.12. The third-order valence-electron chi connectivity index (χ3n) is 12.0. The summed E-state index contributed by atoms with van der Waals surface area (Å²) in [6, 6.07) is 0.